The Kier molecular flexibility index (Phi) is 4.47. The summed E-state index contributed by atoms with van der Waals surface area (Å²) in [6.07, 6.45) is -4.80. The fourth-order valence-electron chi connectivity index (χ4n) is 2.60. The summed E-state index contributed by atoms with van der Waals surface area (Å²) in [5.74, 6) is -2.72. The van der Waals surface area contributed by atoms with Crippen LogP contribution in [0, 0.1) is 11.6 Å². The number of alkyl halides is 3. The molecule has 0 unspecified atom stereocenters. The highest BCUT2D eigenvalue weighted by molar-refractivity contribution is 6.38. The van der Waals surface area contributed by atoms with E-state index < -0.39 is 51.6 Å². The third-order valence-electron chi connectivity index (χ3n) is 3.84. The van der Waals surface area contributed by atoms with E-state index in [-0.39, 0.29) is 11.3 Å². The summed E-state index contributed by atoms with van der Waals surface area (Å²) >= 11 is 5.93. The molecule has 9 heteroatoms. The second-order valence-electron chi connectivity index (χ2n) is 5.59. The molecule has 0 spiro atoms. The van der Waals surface area contributed by atoms with Crippen molar-refractivity contribution in [1.82, 2.24) is 0 Å². The third-order valence-corrected chi connectivity index (χ3v) is 4.24. The van der Waals surface area contributed by atoms with E-state index in [2.05, 4.69) is 10.3 Å². The number of nitrogens with zero attached hydrogens (tertiary/aromatic N) is 1. The number of fused-ring (bicyclic) bond motifs is 1. The zero-order valence-electron chi connectivity index (χ0n) is 13.1. The normalized spacial score (nSPS) is 17.3. The van der Waals surface area contributed by atoms with Crippen molar-refractivity contribution in [3.05, 3.63) is 63.7 Å². The minimum absolute atomic E-state index is 0.112. The van der Waals surface area contributed by atoms with Crippen LogP contribution in [0.2, 0.25) is 5.02 Å². The van der Waals surface area contributed by atoms with Crippen LogP contribution in [0.4, 0.5) is 27.6 Å². The summed E-state index contributed by atoms with van der Waals surface area (Å²) in [5.41, 5.74) is -2.82. The van der Waals surface area contributed by atoms with Gasteiger partial charge in [-0.25, -0.2) is 8.78 Å². The maximum atomic E-state index is 14.3. The number of hydrogen-bond acceptors (Lipinski definition) is 2. The molecule has 0 saturated carbocycles. The van der Waals surface area contributed by atoms with Crippen molar-refractivity contribution in [3.63, 3.8) is 0 Å². The molecular formula is C17H10ClF5N2O. The first kappa shape index (κ1) is 18.3. The van der Waals surface area contributed by atoms with Gasteiger partial charge in [0.2, 0.25) is 5.91 Å². The van der Waals surface area contributed by atoms with Crippen LogP contribution in [0.3, 0.4) is 0 Å². The largest absolute Gasteiger partial charge is 0.417 e. The lowest BCUT2D eigenvalue weighted by Gasteiger charge is -2.17. The van der Waals surface area contributed by atoms with E-state index in [1.54, 1.807) is 0 Å². The van der Waals surface area contributed by atoms with Crippen LogP contribution in [-0.2, 0) is 11.0 Å². The quantitative estimate of drug-likeness (QED) is 0.699. The number of halogens is 6. The van der Waals surface area contributed by atoms with Crippen LogP contribution in [0.15, 0.2) is 35.3 Å². The van der Waals surface area contributed by atoms with Crippen molar-refractivity contribution in [2.75, 3.05) is 5.32 Å². The molecule has 3 nitrogen and oxygen atoms in total. The predicted molar refractivity (Wildman–Crippen MR) is 86.5 cm³/mol. The van der Waals surface area contributed by atoms with E-state index in [1.807, 2.05) is 0 Å². The maximum absolute atomic E-state index is 14.3. The Morgan fingerprint density at radius 3 is 2.27 bits per heavy atom. The number of benzodiazepines with no additional fused rings is 1. The van der Waals surface area contributed by atoms with Crippen LogP contribution in [0.1, 0.15) is 23.6 Å². The maximum Gasteiger partial charge on any atom is 0.417 e. The molecule has 0 fully saturated rings. The number of nitrogens with one attached hydrogen (secondary N) is 1. The molecule has 136 valence electrons. The highest BCUT2D eigenvalue weighted by Crippen LogP contribution is 2.41. The molecule has 1 aliphatic rings. The van der Waals surface area contributed by atoms with Crippen LogP contribution in [0.5, 0.6) is 0 Å². The fourth-order valence-corrected chi connectivity index (χ4v) is 2.96. The predicted octanol–water partition coefficient (Wildman–Crippen LogP) is 4.82. The van der Waals surface area contributed by atoms with Gasteiger partial charge in [-0.2, -0.15) is 13.2 Å². The molecule has 1 aliphatic heterocycles. The van der Waals surface area contributed by atoms with Gasteiger partial charge in [0, 0.05) is 5.56 Å². The lowest BCUT2D eigenvalue weighted by atomic mass is 9.97. The smallest absolute Gasteiger partial charge is 0.324 e. The third kappa shape index (κ3) is 3.05. The van der Waals surface area contributed by atoms with Crippen molar-refractivity contribution in [1.29, 1.82) is 0 Å². The minimum Gasteiger partial charge on any atom is -0.324 e. The number of benzene rings is 2. The van der Waals surface area contributed by atoms with Gasteiger partial charge in [-0.3, -0.25) is 9.79 Å². The van der Waals surface area contributed by atoms with Crippen LogP contribution >= 0.6 is 11.6 Å². The highest BCUT2D eigenvalue weighted by atomic mass is 35.5. The van der Waals surface area contributed by atoms with Gasteiger partial charge in [0.25, 0.3) is 0 Å². The summed E-state index contributed by atoms with van der Waals surface area (Å²) in [5, 5.41) is 1.58. The van der Waals surface area contributed by atoms with E-state index in [4.69, 9.17) is 11.6 Å². The van der Waals surface area contributed by atoms with E-state index in [9.17, 15) is 26.7 Å². The van der Waals surface area contributed by atoms with Gasteiger partial charge in [0.05, 0.1) is 27.5 Å². The number of carbonyl (C=O) groups is 1. The van der Waals surface area contributed by atoms with E-state index >= 15 is 0 Å². The van der Waals surface area contributed by atoms with Gasteiger partial charge in [-0.1, -0.05) is 17.7 Å². The van der Waals surface area contributed by atoms with E-state index in [1.165, 1.54) is 6.92 Å². The average Bonchev–Trinajstić information content (AvgIpc) is 2.64. The second kappa shape index (κ2) is 6.35. The Morgan fingerprint density at radius 2 is 1.69 bits per heavy atom. The number of anilines is 1. The molecular weight excluding hydrogens is 379 g/mol. The monoisotopic (exact) mass is 388 g/mol. The Morgan fingerprint density at radius 1 is 1.08 bits per heavy atom. The van der Waals surface area contributed by atoms with Crippen molar-refractivity contribution in [3.8, 4) is 0 Å². The number of amides is 1. The van der Waals surface area contributed by atoms with Crippen LogP contribution < -0.4 is 5.32 Å². The molecule has 0 aromatic heterocycles. The molecule has 26 heavy (non-hydrogen) atoms. The molecule has 1 heterocycles. The summed E-state index contributed by atoms with van der Waals surface area (Å²) in [7, 11) is 0. The first-order chi connectivity index (χ1) is 12.1. The molecule has 1 atom stereocenters. The standard InChI is InChI=1S/C17H10ClF5N2O/c1-7-16(26)25-11-6-5-8(17(21,22)23)14(18)13(11)15(24-7)12-9(19)3-2-4-10(12)20/h2-7H,1H3,(H,25,26)/t7-/m0/s1. The zero-order chi connectivity index (χ0) is 19.2. The topological polar surface area (TPSA) is 41.5 Å². The van der Waals surface area contributed by atoms with E-state index in [0.717, 1.165) is 24.3 Å². The molecule has 0 bridgehead atoms. The lowest BCUT2D eigenvalue weighted by molar-refractivity contribution is -0.137. The molecule has 2 aromatic rings. The Hall–Kier alpha value is -2.48. The summed E-state index contributed by atoms with van der Waals surface area (Å²) in [6.45, 7) is 1.35. The van der Waals surface area contributed by atoms with Crippen molar-refractivity contribution in [2.24, 2.45) is 4.99 Å². The number of carbonyl (C=O) groups excluding carboxylic acids is 1. The number of rotatable bonds is 1. The lowest BCUT2D eigenvalue weighted by Crippen LogP contribution is -2.22. The van der Waals surface area contributed by atoms with Gasteiger partial charge in [-0.05, 0) is 31.2 Å². The second-order valence-corrected chi connectivity index (χ2v) is 5.96. The SMILES string of the molecule is C[C@@H]1N=C(c2c(F)cccc2F)c2c(ccc(C(F)(F)F)c2Cl)NC1=O. The molecule has 0 radical (unpaired) electrons. The average molecular weight is 389 g/mol. The van der Waals surface area contributed by atoms with Crippen molar-refractivity contribution >= 4 is 28.9 Å². The summed E-state index contributed by atoms with van der Waals surface area (Å²) < 4.78 is 68.1. The van der Waals surface area contributed by atoms with Crippen LogP contribution in [-0.4, -0.2) is 17.7 Å². The molecule has 0 saturated heterocycles. The molecule has 2 aromatic carbocycles. The summed E-state index contributed by atoms with van der Waals surface area (Å²) in [6, 6.07) is 3.55. The van der Waals surface area contributed by atoms with Gasteiger partial charge in [0.1, 0.15) is 17.7 Å². The highest BCUT2D eigenvalue weighted by Gasteiger charge is 2.37. The van der Waals surface area contributed by atoms with Gasteiger partial charge in [0.15, 0.2) is 0 Å². The van der Waals surface area contributed by atoms with E-state index in [0.29, 0.717) is 6.07 Å². The number of hydrogen-bond donors (Lipinski definition) is 1. The molecule has 1 amide bonds. The molecule has 1 N–H and O–H groups in total. The number of aliphatic imine (C=N–C) groups is 1. The Bertz CT molecular complexity index is 919. The zero-order valence-corrected chi connectivity index (χ0v) is 13.8. The Labute approximate surface area is 149 Å². The molecule has 3 rings (SSSR count). The first-order valence-electron chi connectivity index (χ1n) is 7.34. The minimum atomic E-state index is -4.80. The van der Waals surface area contributed by atoms with Gasteiger partial charge in [-0.15, -0.1) is 0 Å². The van der Waals surface area contributed by atoms with Gasteiger partial charge >= 0.3 is 6.18 Å². The van der Waals surface area contributed by atoms with Crippen molar-refractivity contribution < 1.29 is 26.7 Å². The fraction of sp³-hybridized carbons (Fsp3) is 0.176. The van der Waals surface area contributed by atoms with Gasteiger partial charge < -0.3 is 5.32 Å². The summed E-state index contributed by atoms with van der Waals surface area (Å²) in [4.78, 5) is 16.0. The van der Waals surface area contributed by atoms with Crippen LogP contribution in [0.25, 0.3) is 0 Å². The first-order valence-corrected chi connectivity index (χ1v) is 7.72. The molecule has 0 aliphatic carbocycles. The Balaban J connectivity index is 2.39. The van der Waals surface area contributed by atoms with Crippen molar-refractivity contribution in [2.45, 2.75) is 19.1 Å².